The van der Waals surface area contributed by atoms with E-state index in [2.05, 4.69) is 5.32 Å². The molecule has 4 aliphatic carbocycles. The molecule has 1 aromatic carbocycles. The lowest BCUT2D eigenvalue weighted by molar-refractivity contribution is -0.384. The lowest BCUT2D eigenvalue weighted by Gasteiger charge is -2.57. The molecule has 5 rings (SSSR count). The van der Waals surface area contributed by atoms with Gasteiger partial charge in [0, 0.05) is 24.2 Å². The van der Waals surface area contributed by atoms with Crippen LogP contribution in [0.25, 0.3) is 0 Å². The highest BCUT2D eigenvalue weighted by Crippen LogP contribution is 2.55. The Morgan fingerprint density at radius 2 is 1.65 bits per heavy atom. The molecule has 0 aromatic heterocycles. The van der Waals surface area contributed by atoms with Crippen molar-refractivity contribution >= 4 is 5.69 Å². The summed E-state index contributed by atoms with van der Waals surface area (Å²) in [4.78, 5) is 10.3. The molecule has 23 heavy (non-hydrogen) atoms. The molecular weight excluding hydrogens is 292 g/mol. The summed E-state index contributed by atoms with van der Waals surface area (Å²) in [6, 6.07) is 6.24. The van der Waals surface area contributed by atoms with Crippen LogP contribution in [-0.2, 0) is 0 Å². The summed E-state index contributed by atoms with van der Waals surface area (Å²) in [7, 11) is 0. The normalized spacial score (nSPS) is 36.1. The zero-order chi connectivity index (χ0) is 16.0. The van der Waals surface area contributed by atoms with Gasteiger partial charge in [-0.1, -0.05) is 0 Å². The van der Waals surface area contributed by atoms with Crippen molar-refractivity contribution in [3.8, 4) is 0 Å². The monoisotopic (exact) mass is 316 g/mol. The van der Waals surface area contributed by atoms with Gasteiger partial charge in [0.25, 0.3) is 5.69 Å². The second kappa shape index (κ2) is 5.56. The van der Waals surface area contributed by atoms with E-state index in [0.717, 1.165) is 23.3 Å². The Morgan fingerprint density at radius 1 is 1.13 bits per heavy atom. The van der Waals surface area contributed by atoms with Crippen LogP contribution in [0.15, 0.2) is 24.3 Å². The fraction of sp³-hybridized carbons (Fsp3) is 0.667. The van der Waals surface area contributed by atoms with E-state index in [0.29, 0.717) is 6.54 Å². The van der Waals surface area contributed by atoms with Crippen LogP contribution in [0.4, 0.5) is 5.69 Å². The van der Waals surface area contributed by atoms with Crippen molar-refractivity contribution < 1.29 is 10.0 Å². The summed E-state index contributed by atoms with van der Waals surface area (Å²) in [6.45, 7) is 0.532. The van der Waals surface area contributed by atoms with Crippen LogP contribution < -0.4 is 5.32 Å². The van der Waals surface area contributed by atoms with E-state index in [1.54, 1.807) is 12.1 Å². The third-order valence-electron chi connectivity index (χ3n) is 6.20. The fourth-order valence-electron chi connectivity index (χ4n) is 5.58. The number of hydrogen-bond donors (Lipinski definition) is 2. The molecule has 4 fully saturated rings. The predicted octanol–water partition coefficient (Wildman–Crippen LogP) is 3.19. The number of aliphatic hydroxyl groups excluding tert-OH is 1. The number of non-ortho nitro benzene ring substituents is 1. The number of nitro benzene ring substituents is 1. The van der Waals surface area contributed by atoms with Gasteiger partial charge in [-0.25, -0.2) is 0 Å². The van der Waals surface area contributed by atoms with Gasteiger partial charge >= 0.3 is 0 Å². The van der Waals surface area contributed by atoms with Crippen LogP contribution in [0.1, 0.15) is 50.2 Å². The number of nitrogens with one attached hydrogen (secondary N) is 1. The highest BCUT2D eigenvalue weighted by atomic mass is 16.6. The van der Waals surface area contributed by atoms with E-state index in [-0.39, 0.29) is 11.2 Å². The minimum Gasteiger partial charge on any atom is -0.387 e. The molecule has 4 saturated carbocycles. The average Bonchev–Trinajstić information content (AvgIpc) is 2.51. The number of hydrogen-bond acceptors (Lipinski definition) is 4. The molecule has 124 valence electrons. The van der Waals surface area contributed by atoms with Crippen molar-refractivity contribution in [1.29, 1.82) is 0 Å². The van der Waals surface area contributed by atoms with E-state index >= 15 is 0 Å². The van der Waals surface area contributed by atoms with E-state index in [1.165, 1.54) is 50.7 Å². The second-order valence-electron chi connectivity index (χ2n) is 7.94. The second-order valence-corrected chi connectivity index (χ2v) is 7.94. The summed E-state index contributed by atoms with van der Waals surface area (Å²) in [5, 5.41) is 24.8. The summed E-state index contributed by atoms with van der Waals surface area (Å²) < 4.78 is 0. The van der Waals surface area contributed by atoms with Crippen LogP contribution in [0.3, 0.4) is 0 Å². The quantitative estimate of drug-likeness (QED) is 0.646. The van der Waals surface area contributed by atoms with Crippen LogP contribution in [0.2, 0.25) is 0 Å². The zero-order valence-corrected chi connectivity index (χ0v) is 13.3. The minimum absolute atomic E-state index is 0.0648. The number of nitro groups is 1. The molecule has 0 saturated heterocycles. The van der Waals surface area contributed by atoms with Gasteiger partial charge in [0.2, 0.25) is 0 Å². The maximum absolute atomic E-state index is 10.7. The Bertz CT molecular complexity index is 564. The first kappa shape index (κ1) is 15.1. The summed E-state index contributed by atoms with van der Waals surface area (Å²) in [5.41, 5.74) is 1.04. The van der Waals surface area contributed by atoms with Crippen LogP contribution in [-0.4, -0.2) is 22.1 Å². The molecule has 0 aliphatic heterocycles. The Labute approximate surface area is 136 Å². The van der Waals surface area contributed by atoms with Crippen molar-refractivity contribution in [3.63, 3.8) is 0 Å². The SMILES string of the molecule is O=[N+]([O-])c1ccc(C(O)CNC23CC4CC(CC(C4)C2)C3)cc1. The molecule has 4 aliphatic rings. The lowest BCUT2D eigenvalue weighted by atomic mass is 9.53. The topological polar surface area (TPSA) is 75.4 Å². The third-order valence-corrected chi connectivity index (χ3v) is 6.20. The van der Waals surface area contributed by atoms with E-state index in [9.17, 15) is 15.2 Å². The van der Waals surface area contributed by atoms with Gasteiger partial charge in [0.05, 0.1) is 11.0 Å². The van der Waals surface area contributed by atoms with E-state index in [4.69, 9.17) is 0 Å². The molecule has 1 unspecified atom stereocenters. The average molecular weight is 316 g/mol. The fourth-order valence-corrected chi connectivity index (χ4v) is 5.58. The van der Waals surface area contributed by atoms with E-state index in [1.807, 2.05) is 0 Å². The van der Waals surface area contributed by atoms with Crippen LogP contribution >= 0.6 is 0 Å². The van der Waals surface area contributed by atoms with Crippen molar-refractivity contribution in [3.05, 3.63) is 39.9 Å². The molecule has 0 spiro atoms. The van der Waals surface area contributed by atoms with Gasteiger partial charge in [-0.3, -0.25) is 10.1 Å². The Morgan fingerprint density at radius 3 is 2.13 bits per heavy atom. The molecule has 0 heterocycles. The maximum atomic E-state index is 10.7. The molecule has 0 amide bonds. The first-order chi connectivity index (χ1) is 11.0. The molecule has 0 radical (unpaired) electrons. The first-order valence-corrected chi connectivity index (χ1v) is 8.70. The van der Waals surface area contributed by atoms with E-state index < -0.39 is 11.0 Å². The van der Waals surface area contributed by atoms with Gasteiger partial charge in [-0.15, -0.1) is 0 Å². The highest BCUT2D eigenvalue weighted by Gasteiger charge is 2.50. The van der Waals surface area contributed by atoms with Crippen molar-refractivity contribution in [2.75, 3.05) is 6.54 Å². The van der Waals surface area contributed by atoms with Gasteiger partial charge in [0.15, 0.2) is 0 Å². The number of benzene rings is 1. The minimum atomic E-state index is -0.608. The highest BCUT2D eigenvalue weighted by molar-refractivity contribution is 5.33. The van der Waals surface area contributed by atoms with Crippen molar-refractivity contribution in [1.82, 2.24) is 5.32 Å². The van der Waals surface area contributed by atoms with Crippen molar-refractivity contribution in [2.45, 2.75) is 50.2 Å². The molecule has 1 aromatic rings. The number of β-amino-alcohol motifs (C(OH)–C–C–N with tert-alkyl or cyclic N) is 1. The number of rotatable bonds is 5. The Balaban J connectivity index is 1.39. The number of nitrogens with zero attached hydrogens (tertiary/aromatic N) is 1. The van der Waals surface area contributed by atoms with Gasteiger partial charge in [-0.2, -0.15) is 0 Å². The Kier molecular flexibility index (Phi) is 3.65. The van der Waals surface area contributed by atoms with Crippen molar-refractivity contribution in [2.24, 2.45) is 17.8 Å². The van der Waals surface area contributed by atoms with Crippen LogP contribution in [0.5, 0.6) is 0 Å². The molecule has 4 bridgehead atoms. The first-order valence-electron chi connectivity index (χ1n) is 8.70. The predicted molar refractivity (Wildman–Crippen MR) is 87.0 cm³/mol. The molecule has 1 atom stereocenters. The van der Waals surface area contributed by atoms with Gasteiger partial charge in [-0.05, 0) is 74.0 Å². The molecule has 5 heteroatoms. The van der Waals surface area contributed by atoms with Gasteiger partial charge in [0.1, 0.15) is 0 Å². The third kappa shape index (κ3) is 2.88. The standard InChI is InChI=1S/C18H24N2O3/c21-17(15-1-3-16(4-2-15)20(22)23)11-19-18-8-12-5-13(9-18)7-14(6-12)10-18/h1-4,12-14,17,19,21H,5-11H2. The summed E-state index contributed by atoms with van der Waals surface area (Å²) in [6.07, 6.45) is 7.39. The smallest absolute Gasteiger partial charge is 0.269 e. The van der Waals surface area contributed by atoms with Crippen LogP contribution in [0, 0.1) is 27.9 Å². The molecule has 5 nitrogen and oxygen atoms in total. The Hall–Kier alpha value is -1.46. The lowest BCUT2D eigenvalue weighted by Crippen LogP contribution is -2.59. The van der Waals surface area contributed by atoms with Gasteiger partial charge < -0.3 is 10.4 Å². The maximum Gasteiger partial charge on any atom is 0.269 e. The summed E-state index contributed by atoms with van der Waals surface area (Å²) >= 11 is 0. The largest absolute Gasteiger partial charge is 0.387 e. The summed E-state index contributed by atoms with van der Waals surface area (Å²) in [5.74, 6) is 2.64. The molecular formula is C18H24N2O3. The number of aliphatic hydroxyl groups is 1. The molecule has 2 N–H and O–H groups in total. The zero-order valence-electron chi connectivity index (χ0n) is 13.3.